The Morgan fingerprint density at radius 3 is 2.11 bits per heavy atom. The summed E-state index contributed by atoms with van der Waals surface area (Å²) < 4.78 is 17.4. The first-order valence-electron chi connectivity index (χ1n) is 18.3. The quantitative estimate of drug-likeness (QED) is 0.0573. The van der Waals surface area contributed by atoms with E-state index < -0.39 is 17.3 Å². The van der Waals surface area contributed by atoms with Crippen LogP contribution < -0.4 is 10.6 Å². The Kier molecular flexibility index (Phi) is 19.0. The molecule has 2 rings (SSSR count). The van der Waals surface area contributed by atoms with Crippen LogP contribution in [0.3, 0.4) is 0 Å². The fraction of sp³-hybridized carbons (Fsp3) is 0.865. The van der Waals surface area contributed by atoms with Crippen LogP contribution in [-0.4, -0.2) is 55.0 Å². The van der Waals surface area contributed by atoms with Crippen LogP contribution in [0, 0.1) is 5.41 Å². The molecule has 2 N–H and O–H groups in total. The summed E-state index contributed by atoms with van der Waals surface area (Å²) in [6, 6.07) is -0.152. The van der Waals surface area contributed by atoms with Crippen LogP contribution in [0.4, 0.5) is 0 Å². The SMILES string of the molecule is CCCCCCCCC=CCCCCCCCC(=O)NC1CCCCCC1OC(=O)CCNC(=O)C1OC(C)(C)OCC1(C)C. The van der Waals surface area contributed by atoms with Crippen LogP contribution in [0.25, 0.3) is 0 Å². The van der Waals surface area contributed by atoms with Crippen molar-refractivity contribution in [3.8, 4) is 0 Å². The van der Waals surface area contributed by atoms with Crippen LogP contribution in [0.15, 0.2) is 12.2 Å². The van der Waals surface area contributed by atoms with E-state index in [2.05, 4.69) is 29.7 Å². The van der Waals surface area contributed by atoms with E-state index in [1.807, 2.05) is 13.8 Å². The smallest absolute Gasteiger partial charge is 0.307 e. The third-order valence-corrected chi connectivity index (χ3v) is 9.02. The molecule has 0 radical (unpaired) electrons. The first-order valence-corrected chi connectivity index (χ1v) is 18.3. The van der Waals surface area contributed by atoms with Crippen molar-refractivity contribution in [2.24, 2.45) is 5.41 Å². The highest BCUT2D eigenvalue weighted by Gasteiger charge is 2.45. The maximum Gasteiger partial charge on any atom is 0.307 e. The minimum Gasteiger partial charge on any atom is -0.460 e. The van der Waals surface area contributed by atoms with Gasteiger partial charge in [0.15, 0.2) is 5.79 Å². The molecule has 1 saturated heterocycles. The maximum absolute atomic E-state index is 12.8. The van der Waals surface area contributed by atoms with Gasteiger partial charge in [-0.1, -0.05) is 97.1 Å². The highest BCUT2D eigenvalue weighted by molar-refractivity contribution is 5.82. The first kappa shape index (κ1) is 39.2. The first-order chi connectivity index (χ1) is 21.5. The Morgan fingerprint density at radius 1 is 0.800 bits per heavy atom. The van der Waals surface area contributed by atoms with Crippen LogP contribution in [0.5, 0.6) is 0 Å². The molecule has 1 heterocycles. The molecule has 1 aliphatic heterocycles. The van der Waals surface area contributed by atoms with Crippen LogP contribution in [0.1, 0.15) is 163 Å². The summed E-state index contributed by atoms with van der Waals surface area (Å²) in [6.45, 7) is 10.3. The zero-order valence-corrected chi connectivity index (χ0v) is 29.4. The monoisotopic (exact) mass is 634 g/mol. The Labute approximate surface area is 274 Å². The lowest BCUT2D eigenvalue weighted by Crippen LogP contribution is -2.56. The van der Waals surface area contributed by atoms with Gasteiger partial charge in [0.1, 0.15) is 12.2 Å². The molecule has 260 valence electrons. The summed E-state index contributed by atoms with van der Waals surface area (Å²) in [5.41, 5.74) is -0.476. The zero-order chi connectivity index (χ0) is 33.0. The molecular weight excluding hydrogens is 568 g/mol. The summed E-state index contributed by atoms with van der Waals surface area (Å²) in [5, 5.41) is 6.01. The number of hydrogen-bond donors (Lipinski definition) is 2. The van der Waals surface area contributed by atoms with Gasteiger partial charge in [0.2, 0.25) is 11.8 Å². The number of ether oxygens (including phenoxy) is 3. The van der Waals surface area contributed by atoms with E-state index in [9.17, 15) is 14.4 Å². The molecule has 3 unspecified atom stereocenters. The second kappa shape index (κ2) is 21.8. The lowest BCUT2D eigenvalue weighted by atomic mass is 9.85. The minimum atomic E-state index is -0.834. The molecule has 0 spiro atoms. The molecule has 2 aliphatic rings. The van der Waals surface area contributed by atoms with Gasteiger partial charge in [-0.25, -0.2) is 0 Å². The summed E-state index contributed by atoms with van der Waals surface area (Å²) in [5.74, 6) is -1.39. The number of nitrogens with one attached hydrogen (secondary N) is 2. The van der Waals surface area contributed by atoms with Gasteiger partial charge in [-0.15, -0.1) is 0 Å². The van der Waals surface area contributed by atoms with Gasteiger partial charge in [0.05, 0.1) is 19.1 Å². The minimum absolute atomic E-state index is 0.0508. The lowest BCUT2D eigenvalue weighted by molar-refractivity contribution is -0.304. The van der Waals surface area contributed by atoms with Crippen molar-refractivity contribution < 1.29 is 28.6 Å². The number of carbonyl (C=O) groups is 3. The molecule has 1 aliphatic carbocycles. The van der Waals surface area contributed by atoms with Gasteiger partial charge < -0.3 is 24.8 Å². The highest BCUT2D eigenvalue weighted by atomic mass is 16.7. The Morgan fingerprint density at radius 2 is 1.42 bits per heavy atom. The fourth-order valence-electron chi connectivity index (χ4n) is 6.14. The number of amides is 2. The number of allylic oxidation sites excluding steroid dienone is 2. The molecule has 0 bridgehead atoms. The number of esters is 1. The summed E-state index contributed by atoms with van der Waals surface area (Å²) >= 11 is 0. The van der Waals surface area contributed by atoms with Crippen molar-refractivity contribution in [1.29, 1.82) is 0 Å². The predicted octanol–water partition coefficient (Wildman–Crippen LogP) is 8.07. The second-order valence-corrected chi connectivity index (χ2v) is 14.4. The van der Waals surface area contributed by atoms with E-state index in [0.717, 1.165) is 57.8 Å². The van der Waals surface area contributed by atoms with Gasteiger partial charge >= 0.3 is 5.97 Å². The lowest BCUT2D eigenvalue weighted by Gasteiger charge is -2.44. The van der Waals surface area contributed by atoms with Gasteiger partial charge in [-0.05, 0) is 65.2 Å². The maximum atomic E-state index is 12.8. The molecule has 8 nitrogen and oxygen atoms in total. The number of unbranched alkanes of at least 4 members (excludes halogenated alkanes) is 11. The molecule has 2 amide bonds. The van der Waals surface area contributed by atoms with E-state index in [1.165, 1.54) is 57.8 Å². The summed E-state index contributed by atoms with van der Waals surface area (Å²) in [4.78, 5) is 38.3. The Hall–Kier alpha value is -1.93. The summed E-state index contributed by atoms with van der Waals surface area (Å²) in [6.07, 6.45) is 25.0. The Bertz CT molecular complexity index is 886. The topological polar surface area (TPSA) is 103 Å². The van der Waals surface area contributed by atoms with E-state index >= 15 is 0 Å². The van der Waals surface area contributed by atoms with Crippen molar-refractivity contribution >= 4 is 17.8 Å². The number of rotatable bonds is 21. The molecule has 1 saturated carbocycles. The normalized spacial score (nSPS) is 22.9. The van der Waals surface area contributed by atoms with Crippen molar-refractivity contribution in [3.05, 3.63) is 12.2 Å². The standard InChI is InChI=1S/C37H66N2O6/c1-6-7-8-9-10-11-12-13-14-15-16-17-18-19-23-26-32(40)39-30-24-21-20-22-25-31(30)44-33(41)27-28-38-35(42)34-36(2,3)29-43-37(4,5)45-34/h13-14,30-31,34H,6-12,15-29H2,1-5H3,(H,38,42)(H,39,40). The zero-order valence-electron chi connectivity index (χ0n) is 29.4. The van der Waals surface area contributed by atoms with E-state index in [0.29, 0.717) is 13.0 Å². The molecule has 0 aromatic heterocycles. The van der Waals surface area contributed by atoms with Crippen molar-refractivity contribution in [3.63, 3.8) is 0 Å². The van der Waals surface area contributed by atoms with Crippen LogP contribution in [0.2, 0.25) is 0 Å². The molecule has 0 aromatic rings. The van der Waals surface area contributed by atoms with E-state index in [1.54, 1.807) is 13.8 Å². The average Bonchev–Trinajstić information content (AvgIpc) is 3.21. The van der Waals surface area contributed by atoms with Crippen molar-refractivity contribution in [1.82, 2.24) is 10.6 Å². The second-order valence-electron chi connectivity index (χ2n) is 14.4. The average molecular weight is 635 g/mol. The Balaban J connectivity index is 1.59. The van der Waals surface area contributed by atoms with Gasteiger partial charge in [0, 0.05) is 18.4 Å². The molecule has 3 atom stereocenters. The largest absolute Gasteiger partial charge is 0.460 e. The van der Waals surface area contributed by atoms with Crippen molar-refractivity contribution in [2.45, 2.75) is 187 Å². The van der Waals surface area contributed by atoms with Gasteiger partial charge in [-0.3, -0.25) is 14.4 Å². The molecule has 45 heavy (non-hydrogen) atoms. The molecule has 2 fully saturated rings. The van der Waals surface area contributed by atoms with Gasteiger partial charge in [0.25, 0.3) is 0 Å². The summed E-state index contributed by atoms with van der Waals surface area (Å²) in [7, 11) is 0. The fourth-order valence-corrected chi connectivity index (χ4v) is 6.14. The molecule has 0 aromatic carbocycles. The number of hydrogen-bond acceptors (Lipinski definition) is 6. The van der Waals surface area contributed by atoms with E-state index in [-0.39, 0.29) is 42.9 Å². The predicted molar refractivity (Wildman–Crippen MR) is 181 cm³/mol. The van der Waals surface area contributed by atoms with Crippen LogP contribution in [-0.2, 0) is 28.6 Å². The van der Waals surface area contributed by atoms with Crippen LogP contribution >= 0.6 is 0 Å². The van der Waals surface area contributed by atoms with Crippen molar-refractivity contribution in [2.75, 3.05) is 13.2 Å². The van der Waals surface area contributed by atoms with Gasteiger partial charge in [-0.2, -0.15) is 0 Å². The highest BCUT2D eigenvalue weighted by Crippen LogP contribution is 2.34. The van der Waals surface area contributed by atoms with E-state index in [4.69, 9.17) is 14.2 Å². The number of carbonyl (C=O) groups excluding carboxylic acids is 3. The molecular formula is C37H66N2O6. The third kappa shape index (κ3) is 17.0. The third-order valence-electron chi connectivity index (χ3n) is 9.02. The molecule has 8 heteroatoms.